The molecule has 0 spiro atoms. The van der Waals surface area contributed by atoms with Gasteiger partial charge >= 0.3 is 10.2 Å². The van der Waals surface area contributed by atoms with Crippen LogP contribution in [0.4, 0.5) is 25.8 Å². The maximum absolute atomic E-state index is 14.6. The van der Waals surface area contributed by atoms with Gasteiger partial charge in [0.25, 0.3) is 5.56 Å². The highest BCUT2D eigenvalue weighted by atomic mass is 35.5. The summed E-state index contributed by atoms with van der Waals surface area (Å²) in [4.78, 5) is 16.7. The van der Waals surface area contributed by atoms with Crippen LogP contribution in [0.15, 0.2) is 35.4 Å². The molecule has 1 saturated heterocycles. The van der Waals surface area contributed by atoms with Crippen molar-refractivity contribution in [2.45, 2.75) is 13.1 Å². The zero-order valence-electron chi connectivity index (χ0n) is 16.5. The molecule has 1 aromatic heterocycles. The van der Waals surface area contributed by atoms with Crippen molar-refractivity contribution >= 4 is 49.8 Å². The number of benzene rings is 2. The second-order valence-electron chi connectivity index (χ2n) is 7.22. The SMILES string of the molecule is Cc1c(Nc2c(F)ccc(NS(=O)(=O)N3CC(F)C3)c2Cl)ccc2ncn(C)c(=O)c12. The summed E-state index contributed by atoms with van der Waals surface area (Å²) in [6, 6.07) is 5.47. The minimum Gasteiger partial charge on any atom is -0.352 e. The molecular formula is C19H18ClF2N5O3S. The van der Waals surface area contributed by atoms with Gasteiger partial charge in [-0.2, -0.15) is 12.7 Å². The van der Waals surface area contributed by atoms with E-state index in [1.54, 1.807) is 26.1 Å². The number of hydrogen-bond donors (Lipinski definition) is 2. The minimum atomic E-state index is -4.03. The fourth-order valence-electron chi connectivity index (χ4n) is 3.26. The molecule has 2 aromatic carbocycles. The molecule has 12 heteroatoms. The highest BCUT2D eigenvalue weighted by molar-refractivity contribution is 7.90. The first-order chi connectivity index (χ1) is 14.6. The number of halogens is 3. The fraction of sp³-hybridized carbons (Fsp3) is 0.263. The summed E-state index contributed by atoms with van der Waals surface area (Å²) in [5.74, 6) is -0.723. The van der Waals surface area contributed by atoms with Crippen LogP contribution in [-0.2, 0) is 17.3 Å². The molecule has 31 heavy (non-hydrogen) atoms. The number of anilines is 3. The third kappa shape index (κ3) is 3.84. The molecule has 0 bridgehead atoms. The Hall–Kier alpha value is -2.76. The lowest BCUT2D eigenvalue weighted by Crippen LogP contribution is -2.53. The summed E-state index contributed by atoms with van der Waals surface area (Å²) in [5.41, 5.74) is 0.921. The summed E-state index contributed by atoms with van der Waals surface area (Å²) in [6.07, 6.45) is 0.197. The predicted molar refractivity (Wildman–Crippen MR) is 115 cm³/mol. The second kappa shape index (κ2) is 7.74. The van der Waals surface area contributed by atoms with E-state index in [-0.39, 0.29) is 35.0 Å². The lowest BCUT2D eigenvalue weighted by molar-refractivity contribution is 0.142. The summed E-state index contributed by atoms with van der Waals surface area (Å²) in [6.45, 7) is 1.18. The summed E-state index contributed by atoms with van der Waals surface area (Å²) < 4.78 is 56.8. The van der Waals surface area contributed by atoms with E-state index in [2.05, 4.69) is 15.0 Å². The summed E-state index contributed by atoms with van der Waals surface area (Å²) >= 11 is 6.29. The van der Waals surface area contributed by atoms with Gasteiger partial charge in [-0.05, 0) is 36.8 Å². The van der Waals surface area contributed by atoms with Crippen molar-refractivity contribution < 1.29 is 17.2 Å². The number of nitrogens with zero attached hydrogens (tertiary/aromatic N) is 3. The number of alkyl halides is 1. The Kier molecular flexibility index (Phi) is 5.36. The molecule has 3 aromatic rings. The molecule has 0 unspecified atom stereocenters. The second-order valence-corrected chi connectivity index (χ2v) is 9.27. The molecule has 164 valence electrons. The van der Waals surface area contributed by atoms with Crippen LogP contribution in [0.2, 0.25) is 5.02 Å². The number of hydrogen-bond acceptors (Lipinski definition) is 5. The molecule has 1 aliphatic rings. The van der Waals surface area contributed by atoms with Crippen LogP contribution in [0.25, 0.3) is 10.9 Å². The maximum Gasteiger partial charge on any atom is 0.301 e. The van der Waals surface area contributed by atoms with Crippen LogP contribution in [-0.4, -0.2) is 41.5 Å². The van der Waals surface area contributed by atoms with Crippen LogP contribution >= 0.6 is 11.6 Å². The van der Waals surface area contributed by atoms with Crippen molar-refractivity contribution in [3.63, 3.8) is 0 Å². The first-order valence-electron chi connectivity index (χ1n) is 9.20. The van der Waals surface area contributed by atoms with E-state index < -0.39 is 22.2 Å². The molecule has 0 radical (unpaired) electrons. The average Bonchev–Trinajstić information content (AvgIpc) is 2.69. The lowest BCUT2D eigenvalue weighted by Gasteiger charge is -2.33. The number of aromatic nitrogens is 2. The third-order valence-electron chi connectivity index (χ3n) is 5.08. The zero-order valence-corrected chi connectivity index (χ0v) is 18.1. The quantitative estimate of drug-likeness (QED) is 0.598. The Labute approximate surface area is 181 Å². The third-order valence-corrected chi connectivity index (χ3v) is 6.93. The maximum atomic E-state index is 14.6. The van der Waals surface area contributed by atoms with Gasteiger partial charge < -0.3 is 9.88 Å². The van der Waals surface area contributed by atoms with Crippen molar-refractivity contribution in [2.75, 3.05) is 23.1 Å². The Balaban J connectivity index is 1.71. The van der Waals surface area contributed by atoms with Gasteiger partial charge in [-0.25, -0.2) is 13.8 Å². The van der Waals surface area contributed by atoms with Gasteiger partial charge in [-0.3, -0.25) is 9.52 Å². The average molecular weight is 470 g/mol. The van der Waals surface area contributed by atoms with Gasteiger partial charge in [-0.15, -0.1) is 0 Å². The van der Waals surface area contributed by atoms with Crippen LogP contribution in [0.5, 0.6) is 0 Å². The van der Waals surface area contributed by atoms with Gasteiger partial charge in [-0.1, -0.05) is 11.6 Å². The van der Waals surface area contributed by atoms with Crippen LogP contribution in [0.1, 0.15) is 5.56 Å². The summed E-state index contributed by atoms with van der Waals surface area (Å²) in [7, 11) is -2.45. The van der Waals surface area contributed by atoms with E-state index in [0.717, 1.165) is 10.4 Å². The highest BCUT2D eigenvalue weighted by Gasteiger charge is 2.36. The molecule has 1 aliphatic heterocycles. The molecule has 0 amide bonds. The van der Waals surface area contributed by atoms with E-state index in [1.165, 1.54) is 17.0 Å². The standard InChI is InChI=1S/C19H18ClF2N5O3S/c1-10-13(5-6-14-16(10)19(28)26(2)9-23-14)24-18-12(22)3-4-15(17(18)20)25-31(29,30)27-7-11(21)8-27/h3-6,9,11,24-25H,7-8H2,1-2H3. The molecule has 0 aliphatic carbocycles. The van der Waals surface area contributed by atoms with Crippen molar-refractivity contribution in [3.8, 4) is 0 Å². The van der Waals surface area contributed by atoms with Gasteiger partial charge in [0, 0.05) is 25.8 Å². The van der Waals surface area contributed by atoms with Crippen molar-refractivity contribution in [3.05, 3.63) is 57.3 Å². The monoisotopic (exact) mass is 469 g/mol. The molecule has 2 N–H and O–H groups in total. The first-order valence-corrected chi connectivity index (χ1v) is 11.0. The molecule has 1 fully saturated rings. The van der Waals surface area contributed by atoms with Gasteiger partial charge in [0.2, 0.25) is 0 Å². The van der Waals surface area contributed by atoms with Crippen LogP contribution in [0, 0.1) is 12.7 Å². The fourth-order valence-corrected chi connectivity index (χ4v) is 4.85. The molecule has 0 saturated carbocycles. The van der Waals surface area contributed by atoms with Gasteiger partial charge in [0.15, 0.2) is 0 Å². The van der Waals surface area contributed by atoms with Gasteiger partial charge in [0.05, 0.1) is 33.6 Å². The summed E-state index contributed by atoms with van der Waals surface area (Å²) in [5, 5.41) is 3.00. The zero-order chi connectivity index (χ0) is 22.5. The Morgan fingerprint density at radius 1 is 1.19 bits per heavy atom. The Bertz CT molecular complexity index is 1360. The Morgan fingerprint density at radius 3 is 2.55 bits per heavy atom. The number of fused-ring (bicyclic) bond motifs is 1. The smallest absolute Gasteiger partial charge is 0.301 e. The van der Waals surface area contributed by atoms with Crippen molar-refractivity contribution in [2.24, 2.45) is 7.05 Å². The van der Waals surface area contributed by atoms with Crippen molar-refractivity contribution in [1.29, 1.82) is 0 Å². The Morgan fingerprint density at radius 2 is 1.87 bits per heavy atom. The van der Waals surface area contributed by atoms with Gasteiger partial charge in [0.1, 0.15) is 12.0 Å². The minimum absolute atomic E-state index is 0.0658. The lowest BCUT2D eigenvalue weighted by atomic mass is 10.1. The van der Waals surface area contributed by atoms with Crippen molar-refractivity contribution in [1.82, 2.24) is 13.9 Å². The topological polar surface area (TPSA) is 96.3 Å². The predicted octanol–water partition coefficient (Wildman–Crippen LogP) is 3.09. The first kappa shape index (κ1) is 21.5. The van der Waals surface area contributed by atoms with Crippen LogP contribution in [0.3, 0.4) is 0 Å². The number of rotatable bonds is 5. The van der Waals surface area contributed by atoms with E-state index >= 15 is 0 Å². The molecule has 4 rings (SSSR count). The molecule has 0 atom stereocenters. The van der Waals surface area contributed by atoms with E-state index in [0.29, 0.717) is 22.2 Å². The normalized spacial score (nSPS) is 15.1. The van der Waals surface area contributed by atoms with E-state index in [1.807, 2.05) is 0 Å². The highest BCUT2D eigenvalue weighted by Crippen LogP contribution is 2.37. The van der Waals surface area contributed by atoms with E-state index in [9.17, 15) is 22.0 Å². The molecular weight excluding hydrogens is 452 g/mol. The number of nitrogens with one attached hydrogen (secondary N) is 2. The largest absolute Gasteiger partial charge is 0.352 e. The number of aryl methyl sites for hydroxylation is 2. The van der Waals surface area contributed by atoms with Crippen LogP contribution < -0.4 is 15.6 Å². The molecule has 2 heterocycles. The van der Waals surface area contributed by atoms with E-state index in [4.69, 9.17) is 11.6 Å². The molecule has 8 nitrogen and oxygen atoms in total.